The van der Waals surface area contributed by atoms with Gasteiger partial charge in [-0.15, -0.1) is 0 Å². The summed E-state index contributed by atoms with van der Waals surface area (Å²) < 4.78 is 0. The Morgan fingerprint density at radius 1 is 0.679 bits per heavy atom. The second-order valence-electron chi connectivity index (χ2n) is 12.0. The summed E-state index contributed by atoms with van der Waals surface area (Å²) in [7, 11) is 0. The third kappa shape index (κ3) is 15.1. The van der Waals surface area contributed by atoms with Gasteiger partial charge in [0.15, 0.2) is 5.13 Å². The van der Waals surface area contributed by atoms with Crippen LogP contribution in [0.15, 0.2) is 30.5 Å². The molecule has 1 aromatic heterocycles. The van der Waals surface area contributed by atoms with E-state index in [1.54, 1.807) is 0 Å². The monoisotopic (exact) mass is 762 g/mol. The maximum atomic E-state index is 13.2. The summed E-state index contributed by atoms with van der Waals surface area (Å²) in [4.78, 5) is 105. The van der Waals surface area contributed by atoms with Crippen LogP contribution in [0.25, 0.3) is 0 Å². The fourth-order valence-electron chi connectivity index (χ4n) is 4.22. The van der Waals surface area contributed by atoms with Gasteiger partial charge in [-0.25, -0.2) is 4.98 Å². The van der Waals surface area contributed by atoms with Gasteiger partial charge in [0.2, 0.25) is 47.3 Å². The summed E-state index contributed by atoms with van der Waals surface area (Å²) in [6.07, 6.45) is 1.38. The number of nitrogens with two attached hydrogens (primary N) is 1. The highest BCUT2D eigenvalue weighted by Gasteiger charge is 2.28. The number of thiazole rings is 1. The number of nitrogens with one attached hydrogen (secondary N) is 8. The largest absolute Gasteiger partial charge is 0.508 e. The van der Waals surface area contributed by atoms with Gasteiger partial charge in [-0.3, -0.25) is 38.4 Å². The van der Waals surface area contributed by atoms with E-state index in [1.165, 1.54) is 65.1 Å². The van der Waals surface area contributed by atoms with Crippen molar-refractivity contribution in [2.45, 2.75) is 83.9 Å². The Labute approximate surface area is 308 Å². The Morgan fingerprint density at radius 3 is 1.64 bits per heavy atom. The number of phenols is 1. The first-order valence-electron chi connectivity index (χ1n) is 16.3. The lowest BCUT2D eigenvalue weighted by Crippen LogP contribution is -2.57. The number of carbonyl (C=O) groups excluding carboxylic acids is 8. The molecule has 53 heavy (non-hydrogen) atoms. The topological polar surface area (TPSA) is 312 Å². The van der Waals surface area contributed by atoms with E-state index in [4.69, 9.17) is 10.8 Å². The van der Waals surface area contributed by atoms with Crippen LogP contribution >= 0.6 is 11.3 Å². The second kappa shape index (κ2) is 20.9. The zero-order valence-electron chi connectivity index (χ0n) is 29.8. The van der Waals surface area contributed by atoms with Crippen molar-refractivity contribution in [3.63, 3.8) is 0 Å². The predicted molar refractivity (Wildman–Crippen MR) is 190 cm³/mol. The number of aliphatic hydroxyl groups excluding tert-OH is 1. The molecule has 0 saturated heterocycles. The minimum absolute atomic E-state index is 0.0326. The van der Waals surface area contributed by atoms with Crippen molar-refractivity contribution >= 4 is 63.7 Å². The molecule has 0 aliphatic heterocycles. The van der Waals surface area contributed by atoms with Crippen molar-refractivity contribution in [1.82, 2.24) is 42.2 Å². The van der Waals surface area contributed by atoms with E-state index in [0.717, 1.165) is 11.3 Å². The van der Waals surface area contributed by atoms with E-state index in [-0.39, 0.29) is 25.3 Å². The molecule has 6 atom stereocenters. The van der Waals surface area contributed by atoms with Gasteiger partial charge in [-0.2, -0.15) is 0 Å². The fraction of sp³-hybridized carbons (Fsp3) is 0.469. The molecule has 2 rings (SSSR count). The maximum Gasteiger partial charge on any atom is 0.243 e. The van der Waals surface area contributed by atoms with Gasteiger partial charge in [-0.1, -0.05) is 23.5 Å². The van der Waals surface area contributed by atoms with Crippen molar-refractivity contribution in [3.8, 4) is 5.75 Å². The molecule has 0 aliphatic carbocycles. The number of amides is 8. The average Bonchev–Trinajstić information content (AvgIpc) is 3.58. The van der Waals surface area contributed by atoms with Crippen LogP contribution in [-0.2, 0) is 51.4 Å². The number of primary amides is 1. The first-order valence-corrected chi connectivity index (χ1v) is 17.2. The minimum Gasteiger partial charge on any atom is -0.508 e. The number of aromatic hydroxyl groups is 1. The molecule has 0 unspecified atom stereocenters. The number of aliphatic hydroxyl groups is 1. The summed E-state index contributed by atoms with van der Waals surface area (Å²) in [6, 6.07) is -0.897. The Morgan fingerprint density at radius 2 is 1.15 bits per heavy atom. The van der Waals surface area contributed by atoms with E-state index in [0.29, 0.717) is 15.6 Å². The van der Waals surface area contributed by atoms with E-state index in [1.807, 2.05) is 0 Å². The Hall–Kier alpha value is -5.83. The maximum absolute atomic E-state index is 13.2. The molecule has 2 aromatic rings. The highest BCUT2D eigenvalue weighted by atomic mass is 32.1. The third-order valence-electron chi connectivity index (χ3n) is 7.37. The molecular weight excluding hydrogens is 716 g/mol. The summed E-state index contributed by atoms with van der Waals surface area (Å²) in [5.74, 6) is -5.77. The number of phenolic OH excluding ortho intramolecular Hbond substituents is 1. The Balaban J connectivity index is 1.93. The van der Waals surface area contributed by atoms with Crippen molar-refractivity contribution < 1.29 is 48.6 Å². The number of rotatable bonds is 20. The fourth-order valence-corrected chi connectivity index (χ4v) is 4.88. The van der Waals surface area contributed by atoms with E-state index in [9.17, 15) is 43.5 Å². The summed E-state index contributed by atoms with van der Waals surface area (Å²) in [6.45, 7) is 5.88. The number of nitrogens with zero attached hydrogens (tertiary/aromatic N) is 1. The number of hydrogen-bond acceptors (Lipinski definition) is 13. The molecule has 0 fully saturated rings. The summed E-state index contributed by atoms with van der Waals surface area (Å²) in [5, 5.41) is 38.9. The lowest BCUT2D eigenvalue weighted by atomic mass is 10.0. The number of anilines is 1. The van der Waals surface area contributed by atoms with E-state index in [2.05, 4.69) is 47.5 Å². The third-order valence-corrected chi connectivity index (χ3v) is 8.31. The molecule has 0 saturated carbocycles. The zero-order chi connectivity index (χ0) is 39.8. The SMILES string of the molecule is C[C@H](NC(=O)[C@H](C)NC(=O)CNC(=O)[C@H](Cc1ccc(O)cc1)NC(=O)[C@H](C)NC(=O)[C@H](C)NC(=O)[C@H](C)NC(=O)CNc1ncc(CO)s1)C(N)=O. The normalized spacial score (nSPS) is 14.1. The number of benzene rings is 1. The molecule has 1 aromatic carbocycles. The van der Waals surface area contributed by atoms with Crippen LogP contribution in [0.4, 0.5) is 5.13 Å². The smallest absolute Gasteiger partial charge is 0.243 e. The lowest BCUT2D eigenvalue weighted by Gasteiger charge is -2.23. The van der Waals surface area contributed by atoms with Crippen molar-refractivity contribution in [3.05, 3.63) is 40.9 Å². The van der Waals surface area contributed by atoms with Crippen LogP contribution in [0, 0.1) is 0 Å². The molecule has 12 N–H and O–H groups in total. The van der Waals surface area contributed by atoms with Gasteiger partial charge < -0.3 is 58.5 Å². The average molecular weight is 763 g/mol. The highest BCUT2D eigenvalue weighted by Crippen LogP contribution is 2.17. The quantitative estimate of drug-likeness (QED) is 0.0629. The van der Waals surface area contributed by atoms with Crippen molar-refractivity contribution in [1.29, 1.82) is 0 Å². The Bertz CT molecular complexity index is 1640. The predicted octanol–water partition coefficient (Wildman–Crippen LogP) is -3.39. The van der Waals surface area contributed by atoms with Crippen LogP contribution in [0.1, 0.15) is 45.1 Å². The standard InChI is InChI=1S/C32H46N10O10S/c1-15(26(33)47)39-27(48)16(2)37-24(45)12-34-31(52)23(10-20-6-8-21(44)9-7-20)42-30(51)19(5)41-29(50)18(4)40-28(49)17(3)38-25(46)13-36-32-35-11-22(14-43)53-32/h6-9,11,15-19,23,43-44H,10,12-14H2,1-5H3,(H2,33,47)(H,34,52)(H,35,36)(H,37,45)(H,38,46)(H,39,48)(H,40,49)(H,41,50)(H,42,51)/t15-,16-,17-,18-,19-,23-/m0/s1. The van der Waals surface area contributed by atoms with Crippen molar-refractivity contribution in [2.24, 2.45) is 5.73 Å². The van der Waals surface area contributed by atoms with Crippen LogP contribution in [0.2, 0.25) is 0 Å². The number of aromatic nitrogens is 1. The van der Waals surface area contributed by atoms with Gasteiger partial charge in [0, 0.05) is 12.6 Å². The van der Waals surface area contributed by atoms with Gasteiger partial charge in [0.1, 0.15) is 42.0 Å². The molecule has 0 radical (unpaired) electrons. The van der Waals surface area contributed by atoms with Crippen molar-refractivity contribution in [2.75, 3.05) is 18.4 Å². The van der Waals surface area contributed by atoms with Crippen LogP contribution in [-0.4, -0.2) is 112 Å². The number of carbonyl (C=O) groups is 8. The van der Waals surface area contributed by atoms with Gasteiger partial charge in [-0.05, 0) is 52.3 Å². The van der Waals surface area contributed by atoms with Crippen LogP contribution < -0.4 is 48.3 Å². The van der Waals surface area contributed by atoms with Gasteiger partial charge in [0.05, 0.1) is 24.6 Å². The summed E-state index contributed by atoms with van der Waals surface area (Å²) >= 11 is 1.16. The summed E-state index contributed by atoms with van der Waals surface area (Å²) in [5.41, 5.74) is 5.66. The van der Waals surface area contributed by atoms with Crippen LogP contribution in [0.5, 0.6) is 5.75 Å². The highest BCUT2D eigenvalue weighted by molar-refractivity contribution is 7.15. The molecule has 0 spiro atoms. The lowest BCUT2D eigenvalue weighted by molar-refractivity contribution is -0.134. The van der Waals surface area contributed by atoms with Gasteiger partial charge >= 0.3 is 0 Å². The zero-order valence-corrected chi connectivity index (χ0v) is 30.6. The molecule has 0 aliphatic rings. The molecule has 0 bridgehead atoms. The van der Waals surface area contributed by atoms with Crippen LogP contribution in [0.3, 0.4) is 0 Å². The second-order valence-corrected chi connectivity index (χ2v) is 13.1. The van der Waals surface area contributed by atoms with Gasteiger partial charge in [0.25, 0.3) is 0 Å². The Kier molecular flexibility index (Phi) is 17.1. The molecule has 1 heterocycles. The molecule has 21 heteroatoms. The molecule has 8 amide bonds. The molecular formula is C32H46N10O10S. The van der Waals surface area contributed by atoms with E-state index < -0.39 is 90.1 Å². The first kappa shape index (κ1) is 43.3. The molecule has 20 nitrogen and oxygen atoms in total. The molecule has 290 valence electrons. The minimum atomic E-state index is -1.26. The number of hydrogen-bond donors (Lipinski definition) is 11. The first-order chi connectivity index (χ1) is 24.9. The van der Waals surface area contributed by atoms with E-state index >= 15 is 0 Å².